The fourth-order valence-electron chi connectivity index (χ4n) is 1.68. The van der Waals surface area contributed by atoms with Crippen molar-refractivity contribution in [1.29, 1.82) is 0 Å². The summed E-state index contributed by atoms with van der Waals surface area (Å²) in [6.45, 7) is 6.65. The number of benzene rings is 1. The third-order valence-electron chi connectivity index (χ3n) is 2.98. The van der Waals surface area contributed by atoms with Gasteiger partial charge in [-0.15, -0.1) is 11.8 Å². The van der Waals surface area contributed by atoms with Crippen LogP contribution in [0.15, 0.2) is 23.1 Å². The topological polar surface area (TPSA) is 26.0 Å². The Morgan fingerprint density at radius 1 is 1.33 bits per heavy atom. The molecule has 0 amide bonds. The van der Waals surface area contributed by atoms with Gasteiger partial charge in [0, 0.05) is 16.0 Å². The molecule has 0 aliphatic rings. The fraction of sp³-hybridized carbons (Fsp3) is 0.600. The van der Waals surface area contributed by atoms with Gasteiger partial charge in [-0.25, -0.2) is 0 Å². The van der Waals surface area contributed by atoms with Gasteiger partial charge in [-0.2, -0.15) is 0 Å². The Hall–Kier alpha value is -0.180. The summed E-state index contributed by atoms with van der Waals surface area (Å²) in [5.41, 5.74) is 7.35. The van der Waals surface area contributed by atoms with Gasteiger partial charge in [-0.05, 0) is 54.7 Å². The van der Waals surface area contributed by atoms with Crippen molar-refractivity contribution in [2.75, 3.05) is 5.75 Å². The summed E-state index contributed by atoms with van der Waals surface area (Å²) in [6.07, 6.45) is 3.16. The molecule has 0 spiro atoms. The Morgan fingerprint density at radius 2 is 2.06 bits per heavy atom. The molecular formula is C15H24ClNS. The number of thioether (sulfide) groups is 1. The normalized spacial score (nSPS) is 13.0. The Kier molecular flexibility index (Phi) is 7.13. The summed E-state index contributed by atoms with van der Waals surface area (Å²) >= 11 is 8.00. The van der Waals surface area contributed by atoms with Crippen LogP contribution in [0.5, 0.6) is 0 Å². The van der Waals surface area contributed by atoms with Crippen molar-refractivity contribution in [2.45, 2.75) is 51.0 Å². The molecule has 3 heteroatoms. The number of nitrogens with two attached hydrogens (primary N) is 1. The van der Waals surface area contributed by atoms with E-state index in [9.17, 15) is 0 Å². The van der Waals surface area contributed by atoms with E-state index in [-0.39, 0.29) is 6.04 Å². The molecule has 0 fully saturated rings. The molecule has 102 valence electrons. The highest BCUT2D eigenvalue weighted by molar-refractivity contribution is 7.99. The van der Waals surface area contributed by atoms with Crippen molar-refractivity contribution in [3.8, 4) is 0 Å². The van der Waals surface area contributed by atoms with Crippen LogP contribution in [0.3, 0.4) is 0 Å². The smallest absolute Gasteiger partial charge is 0.0409 e. The van der Waals surface area contributed by atoms with Crippen LogP contribution in [-0.2, 0) is 6.42 Å². The van der Waals surface area contributed by atoms with Crippen LogP contribution in [-0.4, -0.2) is 11.8 Å². The second-order valence-electron chi connectivity index (χ2n) is 5.16. The molecule has 2 N–H and O–H groups in total. The van der Waals surface area contributed by atoms with Gasteiger partial charge >= 0.3 is 0 Å². The molecule has 1 unspecified atom stereocenters. The zero-order valence-electron chi connectivity index (χ0n) is 11.6. The molecule has 0 radical (unpaired) electrons. The van der Waals surface area contributed by atoms with E-state index in [2.05, 4.69) is 32.9 Å². The first-order valence-electron chi connectivity index (χ1n) is 6.69. The monoisotopic (exact) mass is 285 g/mol. The average molecular weight is 286 g/mol. The van der Waals surface area contributed by atoms with Crippen molar-refractivity contribution in [3.63, 3.8) is 0 Å². The first-order chi connectivity index (χ1) is 8.52. The van der Waals surface area contributed by atoms with Crippen LogP contribution in [0.2, 0.25) is 5.02 Å². The maximum atomic E-state index is 6.08. The molecule has 18 heavy (non-hydrogen) atoms. The minimum absolute atomic E-state index is 0.230. The Labute approximate surface area is 120 Å². The first-order valence-corrected chi connectivity index (χ1v) is 8.06. The molecule has 0 heterocycles. The minimum atomic E-state index is 0.230. The highest BCUT2D eigenvalue weighted by Gasteiger charge is 2.08. The molecule has 1 aromatic rings. The average Bonchev–Trinajstić information content (AvgIpc) is 2.31. The zero-order valence-corrected chi connectivity index (χ0v) is 13.2. The van der Waals surface area contributed by atoms with Gasteiger partial charge in [0.05, 0.1) is 0 Å². The van der Waals surface area contributed by atoms with Gasteiger partial charge < -0.3 is 5.73 Å². The number of hydrogen-bond acceptors (Lipinski definition) is 2. The minimum Gasteiger partial charge on any atom is -0.327 e. The van der Waals surface area contributed by atoms with E-state index in [1.165, 1.54) is 16.9 Å². The highest BCUT2D eigenvalue weighted by Crippen LogP contribution is 2.28. The molecule has 0 aliphatic heterocycles. The number of halogens is 1. The van der Waals surface area contributed by atoms with Gasteiger partial charge in [0.1, 0.15) is 0 Å². The molecule has 0 saturated heterocycles. The molecule has 0 bridgehead atoms. The van der Waals surface area contributed by atoms with Crippen molar-refractivity contribution in [1.82, 2.24) is 0 Å². The van der Waals surface area contributed by atoms with Crippen molar-refractivity contribution in [2.24, 2.45) is 11.7 Å². The van der Waals surface area contributed by atoms with Crippen LogP contribution in [0.1, 0.15) is 39.2 Å². The molecule has 0 aromatic heterocycles. The molecule has 1 aromatic carbocycles. The SMILES string of the molecule is CCC(N)Cc1cc(Cl)ccc1SCCC(C)C. The summed E-state index contributed by atoms with van der Waals surface area (Å²) < 4.78 is 0. The van der Waals surface area contributed by atoms with E-state index in [1.807, 2.05) is 17.8 Å². The van der Waals surface area contributed by atoms with E-state index >= 15 is 0 Å². The lowest BCUT2D eigenvalue weighted by molar-refractivity contribution is 0.631. The van der Waals surface area contributed by atoms with E-state index in [4.69, 9.17) is 17.3 Å². The maximum absolute atomic E-state index is 6.08. The van der Waals surface area contributed by atoms with E-state index in [1.54, 1.807) is 0 Å². The van der Waals surface area contributed by atoms with Crippen molar-refractivity contribution < 1.29 is 0 Å². The van der Waals surface area contributed by atoms with Gasteiger partial charge in [0.2, 0.25) is 0 Å². The summed E-state index contributed by atoms with van der Waals surface area (Å²) in [6, 6.07) is 6.40. The number of hydrogen-bond donors (Lipinski definition) is 1. The van der Waals surface area contributed by atoms with Crippen molar-refractivity contribution in [3.05, 3.63) is 28.8 Å². The standard InChI is InChI=1S/C15H24ClNS/c1-4-14(17)10-12-9-13(16)5-6-15(12)18-8-7-11(2)3/h5-6,9,11,14H,4,7-8,10,17H2,1-3H3. The lowest BCUT2D eigenvalue weighted by Crippen LogP contribution is -2.21. The third kappa shape index (κ3) is 5.64. The summed E-state index contributed by atoms with van der Waals surface area (Å²) in [7, 11) is 0. The summed E-state index contributed by atoms with van der Waals surface area (Å²) in [4.78, 5) is 1.34. The molecule has 0 saturated carbocycles. The first kappa shape index (κ1) is 15.9. The van der Waals surface area contributed by atoms with Crippen LogP contribution in [0.4, 0.5) is 0 Å². The van der Waals surface area contributed by atoms with Crippen molar-refractivity contribution >= 4 is 23.4 Å². The molecule has 1 nitrogen and oxygen atoms in total. The predicted octanol–water partition coefficient (Wildman–Crippen LogP) is 4.76. The van der Waals surface area contributed by atoms with Crippen LogP contribution < -0.4 is 5.73 Å². The second kappa shape index (κ2) is 8.08. The third-order valence-corrected chi connectivity index (χ3v) is 4.37. The quantitative estimate of drug-likeness (QED) is 0.731. The summed E-state index contributed by atoms with van der Waals surface area (Å²) in [5.74, 6) is 1.92. The lowest BCUT2D eigenvalue weighted by Gasteiger charge is -2.14. The fourth-order valence-corrected chi connectivity index (χ4v) is 3.18. The molecule has 1 rings (SSSR count). The largest absolute Gasteiger partial charge is 0.327 e. The van der Waals surface area contributed by atoms with Crippen LogP contribution in [0.25, 0.3) is 0 Å². The zero-order chi connectivity index (χ0) is 13.5. The predicted molar refractivity (Wildman–Crippen MR) is 83.6 cm³/mol. The van der Waals surface area contributed by atoms with E-state index in [0.29, 0.717) is 0 Å². The van der Waals surface area contributed by atoms with Gasteiger partial charge in [0.15, 0.2) is 0 Å². The highest BCUT2D eigenvalue weighted by atomic mass is 35.5. The lowest BCUT2D eigenvalue weighted by atomic mass is 10.0. The van der Waals surface area contributed by atoms with Crippen LogP contribution in [0, 0.1) is 5.92 Å². The second-order valence-corrected chi connectivity index (χ2v) is 6.73. The Balaban J connectivity index is 2.70. The van der Waals surface area contributed by atoms with E-state index < -0.39 is 0 Å². The van der Waals surface area contributed by atoms with Crippen LogP contribution >= 0.6 is 23.4 Å². The maximum Gasteiger partial charge on any atom is 0.0409 e. The molecular weight excluding hydrogens is 262 g/mol. The van der Waals surface area contributed by atoms with E-state index in [0.717, 1.165) is 29.5 Å². The molecule has 0 aliphatic carbocycles. The Bertz CT molecular complexity index is 366. The summed E-state index contributed by atoms with van der Waals surface area (Å²) in [5, 5.41) is 0.807. The Morgan fingerprint density at radius 3 is 2.67 bits per heavy atom. The van der Waals surface area contributed by atoms with Gasteiger partial charge in [-0.1, -0.05) is 32.4 Å². The van der Waals surface area contributed by atoms with Gasteiger partial charge in [0.25, 0.3) is 0 Å². The van der Waals surface area contributed by atoms with Gasteiger partial charge in [-0.3, -0.25) is 0 Å². The molecule has 1 atom stereocenters. The number of rotatable bonds is 7.